The number of benzene rings is 1. The van der Waals surface area contributed by atoms with Gasteiger partial charge in [-0.1, -0.05) is 30.7 Å². The zero-order valence-corrected chi connectivity index (χ0v) is 13.8. The first kappa shape index (κ1) is 17.9. The molecule has 1 aromatic rings. The number of carbonyl (C=O) groups is 2. The van der Waals surface area contributed by atoms with Crippen LogP contribution in [0.2, 0.25) is 5.02 Å². The van der Waals surface area contributed by atoms with Crippen LogP contribution < -0.4 is 5.32 Å². The predicted octanol–water partition coefficient (Wildman–Crippen LogP) is 3.20. The lowest BCUT2D eigenvalue weighted by Gasteiger charge is -2.17. The van der Waals surface area contributed by atoms with Gasteiger partial charge in [-0.25, -0.2) is 0 Å². The highest BCUT2D eigenvalue weighted by molar-refractivity contribution is 8.00. The summed E-state index contributed by atoms with van der Waals surface area (Å²) in [5, 5.41) is 3.62. The zero-order valence-electron chi connectivity index (χ0n) is 12.2. The van der Waals surface area contributed by atoms with Crippen LogP contribution in [0.5, 0.6) is 0 Å². The van der Waals surface area contributed by atoms with Crippen molar-refractivity contribution in [3.8, 4) is 0 Å². The van der Waals surface area contributed by atoms with E-state index in [-0.39, 0.29) is 29.4 Å². The molecule has 0 aliphatic rings. The third-order valence-electron chi connectivity index (χ3n) is 2.77. The molecule has 0 fully saturated rings. The molecule has 1 rings (SSSR count). The molecule has 0 bridgehead atoms. The zero-order chi connectivity index (χ0) is 15.7. The second-order valence-electron chi connectivity index (χ2n) is 4.38. The standard InChI is InChI=1S/C15H20ClNO3S/c1-3-13(11-5-7-12(16)8-6-11)17-14(18)9-21-10-15(19)20-4-2/h5-8,13H,3-4,9-10H2,1-2H3,(H,17,18). The van der Waals surface area contributed by atoms with Gasteiger partial charge in [-0.2, -0.15) is 0 Å². The number of hydrogen-bond acceptors (Lipinski definition) is 4. The molecule has 4 nitrogen and oxygen atoms in total. The Morgan fingerprint density at radius 2 is 1.90 bits per heavy atom. The van der Waals surface area contributed by atoms with E-state index in [4.69, 9.17) is 16.3 Å². The van der Waals surface area contributed by atoms with Crippen molar-refractivity contribution in [2.45, 2.75) is 26.3 Å². The molecule has 0 aliphatic heterocycles. The first-order valence-corrected chi connectivity index (χ1v) is 8.38. The Kier molecular flexibility index (Phi) is 8.23. The van der Waals surface area contributed by atoms with E-state index >= 15 is 0 Å². The molecule has 1 aromatic carbocycles. The second kappa shape index (κ2) is 9.68. The highest BCUT2D eigenvalue weighted by Crippen LogP contribution is 2.19. The van der Waals surface area contributed by atoms with Crippen LogP contribution in [-0.2, 0) is 14.3 Å². The lowest BCUT2D eigenvalue weighted by molar-refractivity contribution is -0.139. The van der Waals surface area contributed by atoms with Gasteiger partial charge in [0.05, 0.1) is 24.2 Å². The number of hydrogen-bond donors (Lipinski definition) is 1. The summed E-state index contributed by atoms with van der Waals surface area (Å²) in [5.41, 5.74) is 1.02. The molecular formula is C15H20ClNO3S. The lowest BCUT2D eigenvalue weighted by Crippen LogP contribution is -2.30. The highest BCUT2D eigenvalue weighted by atomic mass is 35.5. The van der Waals surface area contributed by atoms with Crippen molar-refractivity contribution in [2.75, 3.05) is 18.1 Å². The van der Waals surface area contributed by atoms with Crippen molar-refractivity contribution in [1.29, 1.82) is 0 Å². The quantitative estimate of drug-likeness (QED) is 0.744. The largest absolute Gasteiger partial charge is 0.465 e. The fourth-order valence-electron chi connectivity index (χ4n) is 1.78. The van der Waals surface area contributed by atoms with E-state index in [0.29, 0.717) is 11.6 Å². The minimum atomic E-state index is -0.292. The maximum Gasteiger partial charge on any atom is 0.315 e. The Balaban J connectivity index is 2.41. The Hall–Kier alpha value is -1.20. The van der Waals surface area contributed by atoms with Crippen LogP contribution in [0.25, 0.3) is 0 Å². The van der Waals surface area contributed by atoms with Crippen LogP contribution in [0.15, 0.2) is 24.3 Å². The van der Waals surface area contributed by atoms with Gasteiger partial charge >= 0.3 is 5.97 Å². The van der Waals surface area contributed by atoms with Gasteiger partial charge < -0.3 is 10.1 Å². The second-order valence-corrected chi connectivity index (χ2v) is 5.80. The summed E-state index contributed by atoms with van der Waals surface area (Å²) in [6, 6.07) is 7.38. The molecule has 1 N–H and O–H groups in total. The molecule has 1 unspecified atom stereocenters. The number of rotatable bonds is 8. The molecule has 6 heteroatoms. The number of ether oxygens (including phenoxy) is 1. The fraction of sp³-hybridized carbons (Fsp3) is 0.467. The van der Waals surface area contributed by atoms with Crippen molar-refractivity contribution in [3.63, 3.8) is 0 Å². The molecular weight excluding hydrogens is 310 g/mol. The molecule has 0 saturated heterocycles. The summed E-state index contributed by atoms with van der Waals surface area (Å²) in [6.07, 6.45) is 0.788. The molecule has 0 radical (unpaired) electrons. The first-order chi connectivity index (χ1) is 10.1. The minimum Gasteiger partial charge on any atom is -0.465 e. The molecule has 0 aliphatic carbocycles. The number of thioether (sulfide) groups is 1. The van der Waals surface area contributed by atoms with Crippen LogP contribution in [0.1, 0.15) is 31.9 Å². The van der Waals surface area contributed by atoms with E-state index in [9.17, 15) is 9.59 Å². The third kappa shape index (κ3) is 6.87. The van der Waals surface area contributed by atoms with Crippen molar-refractivity contribution in [2.24, 2.45) is 0 Å². The Bertz CT molecular complexity index is 464. The topological polar surface area (TPSA) is 55.4 Å². The van der Waals surface area contributed by atoms with Gasteiger partial charge in [-0.05, 0) is 31.0 Å². The van der Waals surface area contributed by atoms with Gasteiger partial charge in [-0.3, -0.25) is 9.59 Å². The van der Waals surface area contributed by atoms with Gasteiger partial charge in [0.1, 0.15) is 0 Å². The monoisotopic (exact) mass is 329 g/mol. The van der Waals surface area contributed by atoms with Crippen molar-refractivity contribution >= 4 is 35.2 Å². The molecule has 1 atom stereocenters. The van der Waals surface area contributed by atoms with Crippen LogP contribution in [0.4, 0.5) is 0 Å². The van der Waals surface area contributed by atoms with Crippen LogP contribution >= 0.6 is 23.4 Å². The molecule has 0 aromatic heterocycles. The number of nitrogens with one attached hydrogen (secondary N) is 1. The smallest absolute Gasteiger partial charge is 0.315 e. The molecule has 0 saturated carbocycles. The van der Waals surface area contributed by atoms with Gasteiger partial charge in [0.15, 0.2) is 0 Å². The summed E-state index contributed by atoms with van der Waals surface area (Å²) >= 11 is 7.11. The summed E-state index contributed by atoms with van der Waals surface area (Å²) in [5.74, 6) is 0.0492. The van der Waals surface area contributed by atoms with E-state index in [1.807, 2.05) is 19.1 Å². The van der Waals surface area contributed by atoms with E-state index in [1.54, 1.807) is 19.1 Å². The van der Waals surface area contributed by atoms with Gasteiger partial charge in [0, 0.05) is 5.02 Å². The Labute approximate surface area is 134 Å². The molecule has 0 heterocycles. The SMILES string of the molecule is CCOC(=O)CSCC(=O)NC(CC)c1ccc(Cl)cc1. The number of halogens is 1. The third-order valence-corrected chi connectivity index (χ3v) is 3.93. The van der Waals surface area contributed by atoms with Crippen molar-refractivity contribution in [3.05, 3.63) is 34.9 Å². The fourth-order valence-corrected chi connectivity index (χ4v) is 2.53. The van der Waals surface area contributed by atoms with E-state index in [0.717, 1.165) is 12.0 Å². The number of esters is 1. The molecule has 0 spiro atoms. The molecule has 1 amide bonds. The number of amides is 1. The van der Waals surface area contributed by atoms with E-state index in [1.165, 1.54) is 11.8 Å². The summed E-state index contributed by atoms with van der Waals surface area (Å²) in [4.78, 5) is 23.1. The van der Waals surface area contributed by atoms with Gasteiger partial charge in [0.2, 0.25) is 5.91 Å². The summed E-state index contributed by atoms with van der Waals surface area (Å²) in [6.45, 7) is 4.12. The molecule has 21 heavy (non-hydrogen) atoms. The maximum absolute atomic E-state index is 11.9. The maximum atomic E-state index is 11.9. The first-order valence-electron chi connectivity index (χ1n) is 6.85. The van der Waals surface area contributed by atoms with Crippen LogP contribution in [-0.4, -0.2) is 30.0 Å². The molecule has 116 valence electrons. The summed E-state index contributed by atoms with van der Waals surface area (Å²) < 4.78 is 4.80. The van der Waals surface area contributed by atoms with E-state index in [2.05, 4.69) is 5.32 Å². The van der Waals surface area contributed by atoms with Crippen molar-refractivity contribution < 1.29 is 14.3 Å². The minimum absolute atomic E-state index is 0.0436. The highest BCUT2D eigenvalue weighted by Gasteiger charge is 2.13. The average molecular weight is 330 g/mol. The Morgan fingerprint density at radius 3 is 2.48 bits per heavy atom. The normalized spacial score (nSPS) is 11.8. The van der Waals surface area contributed by atoms with Crippen LogP contribution in [0, 0.1) is 0 Å². The predicted molar refractivity (Wildman–Crippen MR) is 86.6 cm³/mol. The van der Waals surface area contributed by atoms with Gasteiger partial charge in [0.25, 0.3) is 0 Å². The van der Waals surface area contributed by atoms with Crippen molar-refractivity contribution in [1.82, 2.24) is 5.32 Å². The Morgan fingerprint density at radius 1 is 1.24 bits per heavy atom. The lowest BCUT2D eigenvalue weighted by atomic mass is 10.0. The number of carbonyl (C=O) groups excluding carboxylic acids is 2. The van der Waals surface area contributed by atoms with Crippen LogP contribution in [0.3, 0.4) is 0 Å². The summed E-state index contributed by atoms with van der Waals surface area (Å²) in [7, 11) is 0. The average Bonchev–Trinajstić information content (AvgIpc) is 2.46. The van der Waals surface area contributed by atoms with E-state index < -0.39 is 0 Å². The van der Waals surface area contributed by atoms with Gasteiger partial charge in [-0.15, -0.1) is 11.8 Å².